The number of benzene rings is 1. The molecule has 3 aliphatic carbocycles. The first-order valence-electron chi connectivity index (χ1n) is 17.8. The standard InChI is InChI=1S/C39H49N7O5/c1-5-43-31-20-26-11-7-6-10-25(26)19-28(31)22-50-36(49)39-35(48)30-13-9-8-12-29(30)34(47)38(39,51-39)16-14-24(2)18-32(46-37(40)42-4)27-15-17-44-33(21-27)45-23-41-3/h7-9,11-15,17,20-21,25,28,31-32,41,43H,5-6,10,16,18-19,22-23H2,1-4H3,(H,44,45)(H3,40,42,46). The Morgan fingerprint density at radius 2 is 2.00 bits per heavy atom. The summed E-state index contributed by atoms with van der Waals surface area (Å²) >= 11 is 0. The zero-order valence-corrected chi connectivity index (χ0v) is 29.8. The van der Waals surface area contributed by atoms with E-state index in [1.54, 1.807) is 37.5 Å². The van der Waals surface area contributed by atoms with Crippen LogP contribution in [0.4, 0.5) is 5.82 Å². The van der Waals surface area contributed by atoms with Gasteiger partial charge in [-0.05, 0) is 75.4 Å². The molecule has 0 saturated carbocycles. The lowest BCUT2D eigenvalue weighted by Gasteiger charge is -2.36. The number of pyridine rings is 1. The van der Waals surface area contributed by atoms with Crippen molar-refractivity contribution >= 4 is 29.3 Å². The van der Waals surface area contributed by atoms with E-state index in [1.165, 1.54) is 5.57 Å². The molecule has 4 aliphatic rings. The normalized spacial score (nSPS) is 27.5. The van der Waals surface area contributed by atoms with Gasteiger partial charge in [-0.3, -0.25) is 14.6 Å². The van der Waals surface area contributed by atoms with Gasteiger partial charge in [0.2, 0.25) is 5.78 Å². The van der Waals surface area contributed by atoms with Crippen LogP contribution in [0.25, 0.3) is 0 Å². The van der Waals surface area contributed by atoms with Crippen LogP contribution >= 0.6 is 0 Å². The number of allylic oxidation sites excluding steroid dienone is 3. The molecule has 1 aromatic carbocycles. The number of anilines is 1. The van der Waals surface area contributed by atoms with Gasteiger partial charge in [-0.15, -0.1) is 0 Å². The number of ketones is 2. The minimum absolute atomic E-state index is 0.0200. The highest BCUT2D eigenvalue weighted by atomic mass is 16.7. The van der Waals surface area contributed by atoms with Crippen molar-refractivity contribution in [2.24, 2.45) is 22.6 Å². The van der Waals surface area contributed by atoms with Gasteiger partial charge in [-0.2, -0.15) is 0 Å². The molecule has 1 aliphatic heterocycles. The van der Waals surface area contributed by atoms with E-state index < -0.39 is 28.7 Å². The zero-order valence-electron chi connectivity index (χ0n) is 29.8. The number of fused-ring (bicyclic) bond motifs is 3. The monoisotopic (exact) mass is 695 g/mol. The summed E-state index contributed by atoms with van der Waals surface area (Å²) in [6, 6.07) is 10.2. The number of hydrogen-bond donors (Lipinski definition) is 5. The number of Topliss-reactive ketones (excluding diaryl/α,β-unsaturated/α-hetero) is 2. The molecule has 1 aromatic heterocycles. The number of nitrogens with one attached hydrogen (secondary N) is 4. The van der Waals surface area contributed by atoms with Crippen LogP contribution in [-0.4, -0.2) is 79.6 Å². The average molecular weight is 696 g/mol. The van der Waals surface area contributed by atoms with Crippen molar-refractivity contribution in [3.63, 3.8) is 0 Å². The van der Waals surface area contributed by atoms with Crippen LogP contribution in [0.2, 0.25) is 0 Å². The molecule has 0 radical (unpaired) electrons. The van der Waals surface area contributed by atoms with Crippen LogP contribution in [0.5, 0.6) is 0 Å². The van der Waals surface area contributed by atoms with Gasteiger partial charge in [0.25, 0.3) is 5.60 Å². The van der Waals surface area contributed by atoms with Gasteiger partial charge in [-0.1, -0.05) is 61.1 Å². The topological polar surface area (TPSA) is 172 Å². The van der Waals surface area contributed by atoms with Crippen LogP contribution in [0.1, 0.15) is 78.3 Å². The molecular weight excluding hydrogens is 646 g/mol. The number of guanidine groups is 1. The number of nitrogens with two attached hydrogens (primary N) is 1. The average Bonchev–Trinajstić information content (AvgIpc) is 3.86. The van der Waals surface area contributed by atoms with Crippen molar-refractivity contribution < 1.29 is 23.9 Å². The lowest BCUT2D eigenvalue weighted by Crippen LogP contribution is -2.51. The van der Waals surface area contributed by atoms with Gasteiger partial charge >= 0.3 is 5.97 Å². The summed E-state index contributed by atoms with van der Waals surface area (Å²) < 4.78 is 12.2. The second-order valence-electron chi connectivity index (χ2n) is 13.8. The Balaban J connectivity index is 1.24. The molecule has 0 amide bonds. The highest BCUT2D eigenvalue weighted by Gasteiger charge is 2.85. The molecule has 12 nitrogen and oxygen atoms in total. The van der Waals surface area contributed by atoms with Gasteiger partial charge in [0.15, 0.2) is 17.3 Å². The van der Waals surface area contributed by atoms with E-state index in [4.69, 9.17) is 15.2 Å². The molecule has 1 saturated heterocycles. The summed E-state index contributed by atoms with van der Waals surface area (Å²) in [5.74, 6) is -0.349. The third kappa shape index (κ3) is 7.00. The van der Waals surface area contributed by atoms with Gasteiger partial charge in [0.05, 0.1) is 19.3 Å². The summed E-state index contributed by atoms with van der Waals surface area (Å²) in [4.78, 5) is 51.0. The maximum atomic E-state index is 14.2. The smallest absolute Gasteiger partial charge is 0.350 e. The molecule has 51 heavy (non-hydrogen) atoms. The largest absolute Gasteiger partial charge is 0.463 e. The molecule has 0 spiro atoms. The van der Waals surface area contributed by atoms with Crippen molar-refractivity contribution in [1.82, 2.24) is 20.9 Å². The lowest BCUT2D eigenvalue weighted by molar-refractivity contribution is -0.150. The SMILES string of the molecule is CCNC1C=C2C=CCCC2CC1COC(=O)C12OC1(CC=C(C)CC(NC(N)=NC)c1ccnc(NCNC)c1)C(=O)c1ccccc1C2=O. The molecule has 2 heterocycles. The van der Waals surface area contributed by atoms with Gasteiger partial charge in [0.1, 0.15) is 5.82 Å². The van der Waals surface area contributed by atoms with Crippen molar-refractivity contribution in [2.75, 3.05) is 39.2 Å². The Hall–Kier alpha value is -4.65. The van der Waals surface area contributed by atoms with Crippen LogP contribution in [0.15, 0.2) is 83.0 Å². The lowest BCUT2D eigenvalue weighted by atomic mass is 9.72. The number of hydrogen-bond acceptors (Lipinski definition) is 10. The van der Waals surface area contributed by atoms with Crippen molar-refractivity contribution in [3.8, 4) is 0 Å². The summed E-state index contributed by atoms with van der Waals surface area (Å²) in [6.45, 7) is 5.41. The third-order valence-corrected chi connectivity index (χ3v) is 10.5. The van der Waals surface area contributed by atoms with Gasteiger partial charge in [0, 0.05) is 42.8 Å². The number of ether oxygens (including phenoxy) is 2. The number of epoxide rings is 1. The predicted octanol–water partition coefficient (Wildman–Crippen LogP) is 3.99. The second-order valence-corrected chi connectivity index (χ2v) is 13.8. The molecule has 6 N–H and O–H groups in total. The number of nitrogens with zero attached hydrogens (tertiary/aromatic N) is 2. The molecule has 6 rings (SSSR count). The first kappa shape index (κ1) is 36.2. The number of likely N-dealkylation sites (N-methyl/N-ethyl adjacent to an activating group) is 1. The Morgan fingerprint density at radius 3 is 2.75 bits per heavy atom. The first-order chi connectivity index (χ1) is 24.7. The van der Waals surface area contributed by atoms with E-state index in [1.807, 2.05) is 32.2 Å². The maximum absolute atomic E-state index is 14.2. The fourth-order valence-corrected chi connectivity index (χ4v) is 7.73. The Kier molecular flexibility index (Phi) is 10.8. The van der Waals surface area contributed by atoms with E-state index >= 15 is 0 Å². The summed E-state index contributed by atoms with van der Waals surface area (Å²) in [6.07, 6.45) is 13.7. The maximum Gasteiger partial charge on any atom is 0.350 e. The molecule has 6 unspecified atom stereocenters. The first-order valence-corrected chi connectivity index (χ1v) is 17.8. The van der Waals surface area contributed by atoms with Crippen molar-refractivity contribution in [2.45, 2.75) is 69.2 Å². The van der Waals surface area contributed by atoms with Crippen molar-refractivity contribution in [1.29, 1.82) is 0 Å². The minimum Gasteiger partial charge on any atom is -0.463 e. The molecule has 0 bridgehead atoms. The van der Waals surface area contributed by atoms with Crippen LogP contribution < -0.4 is 27.0 Å². The number of aliphatic imine (C=N–C) groups is 1. The Morgan fingerprint density at radius 1 is 1.22 bits per heavy atom. The van der Waals surface area contributed by atoms with Crippen molar-refractivity contribution in [3.05, 3.63) is 94.7 Å². The van der Waals surface area contributed by atoms with Crippen LogP contribution in [0.3, 0.4) is 0 Å². The van der Waals surface area contributed by atoms with Gasteiger partial charge in [-0.25, -0.2) is 9.78 Å². The number of esters is 1. The van der Waals surface area contributed by atoms with Crippen LogP contribution in [-0.2, 0) is 14.3 Å². The molecular formula is C39H49N7O5. The predicted molar refractivity (Wildman–Crippen MR) is 196 cm³/mol. The molecule has 270 valence electrons. The van der Waals surface area contributed by atoms with E-state index in [0.717, 1.165) is 36.9 Å². The van der Waals surface area contributed by atoms with E-state index in [-0.39, 0.29) is 48.1 Å². The molecule has 1 fully saturated rings. The number of rotatable bonds is 14. The second kappa shape index (κ2) is 15.3. The fourth-order valence-electron chi connectivity index (χ4n) is 7.73. The van der Waals surface area contributed by atoms with E-state index in [9.17, 15) is 14.4 Å². The number of carbonyl (C=O) groups excluding carboxylic acids is 3. The summed E-state index contributed by atoms with van der Waals surface area (Å²) in [5, 5.41) is 13.0. The highest BCUT2D eigenvalue weighted by Crippen LogP contribution is 2.58. The third-order valence-electron chi connectivity index (χ3n) is 10.5. The Bertz CT molecular complexity index is 1790. The fraction of sp³-hybridized carbons (Fsp3) is 0.462. The zero-order chi connectivity index (χ0) is 36.2. The number of carbonyl (C=O) groups is 3. The number of aromatic nitrogens is 1. The molecule has 6 atom stereocenters. The van der Waals surface area contributed by atoms with Gasteiger partial charge < -0.3 is 36.5 Å². The molecule has 12 heteroatoms. The molecule has 2 aromatic rings. The summed E-state index contributed by atoms with van der Waals surface area (Å²) in [7, 11) is 3.45. The Labute approximate surface area is 299 Å². The minimum atomic E-state index is -2.04. The highest BCUT2D eigenvalue weighted by molar-refractivity contribution is 6.32. The summed E-state index contributed by atoms with van der Waals surface area (Å²) in [5.41, 5.74) is 5.94. The van der Waals surface area contributed by atoms with E-state index in [2.05, 4.69) is 56.4 Å². The van der Waals surface area contributed by atoms with E-state index in [0.29, 0.717) is 24.8 Å². The van der Waals surface area contributed by atoms with Crippen LogP contribution in [0, 0.1) is 11.8 Å². The quantitative estimate of drug-likeness (QED) is 0.0368.